The van der Waals surface area contributed by atoms with Crippen LogP contribution < -0.4 is 5.32 Å². The largest absolute Gasteiger partial charge is 0.361 e. The van der Waals surface area contributed by atoms with Gasteiger partial charge in [0.1, 0.15) is 5.82 Å². The summed E-state index contributed by atoms with van der Waals surface area (Å²) in [4.78, 5) is 8.86. The molecule has 3 heterocycles. The molecule has 132 valence electrons. The second-order valence-corrected chi connectivity index (χ2v) is 6.69. The fourth-order valence-electron chi connectivity index (χ4n) is 3.03. The average molecular weight is 346 g/mol. The summed E-state index contributed by atoms with van der Waals surface area (Å²) in [6.45, 7) is 5.07. The van der Waals surface area contributed by atoms with Crippen LogP contribution in [0.15, 0.2) is 67.4 Å². The average Bonchev–Trinajstić information content (AvgIpc) is 3.33. The van der Waals surface area contributed by atoms with Gasteiger partial charge in [-0.1, -0.05) is 44.2 Å². The molecule has 6 nitrogen and oxygen atoms in total. The number of benzene rings is 1. The topological polar surface area (TPSA) is 60.0 Å². The Morgan fingerprint density at radius 3 is 2.65 bits per heavy atom. The third kappa shape index (κ3) is 3.31. The van der Waals surface area contributed by atoms with Crippen LogP contribution in [0.4, 0.5) is 5.82 Å². The number of aromatic nitrogens is 5. The molecule has 0 saturated carbocycles. The maximum Gasteiger partial charge on any atom is 0.157 e. The molecule has 1 N–H and O–H groups in total. The Kier molecular flexibility index (Phi) is 4.39. The molecule has 0 aliphatic heterocycles. The van der Waals surface area contributed by atoms with Crippen molar-refractivity contribution in [1.82, 2.24) is 24.1 Å². The van der Waals surface area contributed by atoms with Crippen molar-refractivity contribution in [2.24, 2.45) is 0 Å². The van der Waals surface area contributed by atoms with E-state index in [0.29, 0.717) is 5.92 Å². The minimum absolute atomic E-state index is 0.0835. The molecule has 4 aromatic rings. The molecule has 0 amide bonds. The standard InChI is InChI=1S/C20H22N6/c1-15(2)17-12-20(26-19(23-17)8-9-22-26)24-18(13-25-11-10-21-14-25)16-6-4-3-5-7-16/h3-12,14-15,18,24H,13H2,1-2H3/t18-/m0/s1. The van der Waals surface area contributed by atoms with Crippen molar-refractivity contribution in [2.45, 2.75) is 32.4 Å². The summed E-state index contributed by atoms with van der Waals surface area (Å²) in [6.07, 6.45) is 7.41. The number of anilines is 1. The van der Waals surface area contributed by atoms with Crippen LogP contribution in [-0.4, -0.2) is 24.1 Å². The zero-order chi connectivity index (χ0) is 17.9. The lowest BCUT2D eigenvalue weighted by molar-refractivity contribution is 0.602. The van der Waals surface area contributed by atoms with E-state index in [1.807, 2.05) is 29.2 Å². The van der Waals surface area contributed by atoms with Crippen LogP contribution in [0.3, 0.4) is 0 Å². The van der Waals surface area contributed by atoms with Crippen LogP contribution >= 0.6 is 0 Å². The number of fused-ring (bicyclic) bond motifs is 1. The first-order valence-electron chi connectivity index (χ1n) is 8.82. The first-order chi connectivity index (χ1) is 12.7. The second kappa shape index (κ2) is 7.00. The lowest BCUT2D eigenvalue weighted by Crippen LogP contribution is -2.19. The van der Waals surface area contributed by atoms with Crippen molar-refractivity contribution < 1.29 is 0 Å². The zero-order valence-corrected chi connectivity index (χ0v) is 14.9. The molecule has 4 rings (SSSR count). The van der Waals surface area contributed by atoms with E-state index < -0.39 is 0 Å². The van der Waals surface area contributed by atoms with Gasteiger partial charge >= 0.3 is 0 Å². The quantitative estimate of drug-likeness (QED) is 0.575. The van der Waals surface area contributed by atoms with Gasteiger partial charge in [-0.3, -0.25) is 0 Å². The Hall–Kier alpha value is -3.15. The SMILES string of the molecule is CC(C)c1cc(N[C@@H](Cn2ccnc2)c2ccccc2)n2nccc2n1. The Morgan fingerprint density at radius 2 is 1.92 bits per heavy atom. The third-order valence-electron chi connectivity index (χ3n) is 4.45. The molecule has 1 atom stereocenters. The van der Waals surface area contributed by atoms with Crippen molar-refractivity contribution in [3.8, 4) is 0 Å². The molecule has 1 aromatic carbocycles. The van der Waals surface area contributed by atoms with Gasteiger partial charge in [0.25, 0.3) is 0 Å². The molecule has 0 saturated heterocycles. The molecule has 0 fully saturated rings. The van der Waals surface area contributed by atoms with Crippen molar-refractivity contribution in [3.05, 3.63) is 78.6 Å². The van der Waals surface area contributed by atoms with Crippen molar-refractivity contribution in [1.29, 1.82) is 0 Å². The number of nitrogens with zero attached hydrogens (tertiary/aromatic N) is 5. The summed E-state index contributed by atoms with van der Waals surface area (Å²) in [7, 11) is 0. The molecule has 6 heteroatoms. The van der Waals surface area contributed by atoms with Gasteiger partial charge in [0.2, 0.25) is 0 Å². The van der Waals surface area contributed by atoms with Crippen LogP contribution in [0.1, 0.15) is 37.1 Å². The van der Waals surface area contributed by atoms with Gasteiger partial charge in [-0.25, -0.2) is 9.97 Å². The van der Waals surface area contributed by atoms with Gasteiger partial charge in [-0.05, 0) is 11.5 Å². The number of imidazole rings is 1. The molecule has 0 bridgehead atoms. The minimum atomic E-state index is 0.0835. The fraction of sp³-hybridized carbons (Fsp3) is 0.250. The highest BCUT2D eigenvalue weighted by molar-refractivity contribution is 5.50. The van der Waals surface area contributed by atoms with Crippen LogP contribution in [0.25, 0.3) is 5.65 Å². The molecular weight excluding hydrogens is 324 g/mol. The molecule has 0 aliphatic carbocycles. The number of nitrogens with one attached hydrogen (secondary N) is 1. The Bertz CT molecular complexity index is 972. The van der Waals surface area contributed by atoms with E-state index in [1.54, 1.807) is 12.4 Å². The van der Waals surface area contributed by atoms with Crippen molar-refractivity contribution in [2.75, 3.05) is 5.32 Å². The summed E-state index contributed by atoms with van der Waals surface area (Å²) in [5.41, 5.74) is 3.12. The van der Waals surface area contributed by atoms with Crippen LogP contribution in [0, 0.1) is 0 Å². The van der Waals surface area contributed by atoms with Crippen molar-refractivity contribution >= 4 is 11.5 Å². The van der Waals surface area contributed by atoms with E-state index in [9.17, 15) is 0 Å². The summed E-state index contributed by atoms with van der Waals surface area (Å²) in [6, 6.07) is 14.5. The highest BCUT2D eigenvalue weighted by atomic mass is 15.3. The van der Waals surface area contributed by atoms with Gasteiger partial charge in [-0.2, -0.15) is 9.61 Å². The molecule has 26 heavy (non-hydrogen) atoms. The maximum absolute atomic E-state index is 4.70. The van der Waals surface area contributed by atoms with Gasteiger partial charge in [-0.15, -0.1) is 0 Å². The van der Waals surface area contributed by atoms with Gasteiger partial charge in [0.05, 0.1) is 18.6 Å². The first-order valence-corrected chi connectivity index (χ1v) is 8.82. The molecule has 3 aromatic heterocycles. The lowest BCUT2D eigenvalue weighted by Gasteiger charge is -2.22. The smallest absolute Gasteiger partial charge is 0.157 e. The Morgan fingerprint density at radius 1 is 1.08 bits per heavy atom. The first kappa shape index (κ1) is 16.3. The van der Waals surface area contributed by atoms with Gasteiger partial charge in [0.15, 0.2) is 5.65 Å². The maximum atomic E-state index is 4.70. The predicted molar refractivity (Wildman–Crippen MR) is 102 cm³/mol. The minimum Gasteiger partial charge on any atom is -0.361 e. The van der Waals surface area contributed by atoms with E-state index in [2.05, 4.69) is 64.1 Å². The van der Waals surface area contributed by atoms with E-state index >= 15 is 0 Å². The molecule has 0 spiro atoms. The van der Waals surface area contributed by atoms with Crippen LogP contribution in [0.5, 0.6) is 0 Å². The fourth-order valence-corrected chi connectivity index (χ4v) is 3.03. The van der Waals surface area contributed by atoms with Gasteiger partial charge in [0, 0.05) is 36.8 Å². The van der Waals surface area contributed by atoms with E-state index in [4.69, 9.17) is 4.98 Å². The molecule has 0 unspecified atom stereocenters. The predicted octanol–water partition coefficient (Wildman–Crippen LogP) is 3.90. The third-order valence-corrected chi connectivity index (χ3v) is 4.45. The second-order valence-electron chi connectivity index (χ2n) is 6.69. The Labute approximate surface area is 152 Å². The molecule has 0 aliphatic rings. The zero-order valence-electron chi connectivity index (χ0n) is 14.9. The number of hydrogen-bond donors (Lipinski definition) is 1. The summed E-state index contributed by atoms with van der Waals surface area (Å²) in [5, 5.41) is 8.11. The highest BCUT2D eigenvalue weighted by Crippen LogP contribution is 2.24. The molecular formula is C20H22N6. The van der Waals surface area contributed by atoms with Crippen molar-refractivity contribution in [3.63, 3.8) is 0 Å². The summed E-state index contributed by atoms with van der Waals surface area (Å²) < 4.78 is 3.94. The van der Waals surface area contributed by atoms with E-state index in [0.717, 1.165) is 23.7 Å². The summed E-state index contributed by atoms with van der Waals surface area (Å²) in [5.74, 6) is 1.29. The number of hydrogen-bond acceptors (Lipinski definition) is 4. The normalized spacial score (nSPS) is 12.6. The van der Waals surface area contributed by atoms with Gasteiger partial charge < -0.3 is 9.88 Å². The monoisotopic (exact) mass is 346 g/mol. The summed E-state index contributed by atoms with van der Waals surface area (Å²) >= 11 is 0. The highest BCUT2D eigenvalue weighted by Gasteiger charge is 2.16. The molecule has 0 radical (unpaired) electrons. The number of rotatable bonds is 6. The Balaban J connectivity index is 1.73. The van der Waals surface area contributed by atoms with E-state index in [-0.39, 0.29) is 6.04 Å². The lowest BCUT2D eigenvalue weighted by atomic mass is 10.1. The van der Waals surface area contributed by atoms with Crippen LogP contribution in [-0.2, 0) is 6.54 Å². The van der Waals surface area contributed by atoms with E-state index in [1.165, 1.54) is 5.56 Å². The van der Waals surface area contributed by atoms with Crippen LogP contribution in [0.2, 0.25) is 0 Å².